The lowest BCUT2D eigenvalue weighted by molar-refractivity contribution is -0.131. The summed E-state index contributed by atoms with van der Waals surface area (Å²) in [4.78, 5) is 13.9. The molecule has 0 aromatic rings. The summed E-state index contributed by atoms with van der Waals surface area (Å²) in [5.41, 5.74) is 6.03. The van der Waals surface area contributed by atoms with E-state index in [1.54, 1.807) is 0 Å². The molecular weight excluding hydrogens is 200 g/mol. The Morgan fingerprint density at radius 1 is 1.44 bits per heavy atom. The van der Waals surface area contributed by atoms with Crippen LogP contribution in [0.5, 0.6) is 0 Å². The van der Waals surface area contributed by atoms with E-state index in [2.05, 4.69) is 20.8 Å². The van der Waals surface area contributed by atoms with E-state index < -0.39 is 0 Å². The maximum Gasteiger partial charge on any atom is 0.222 e. The molecular formula is C13H26N2O. The highest BCUT2D eigenvalue weighted by atomic mass is 16.2. The number of carbonyl (C=O) groups is 1. The minimum Gasteiger partial charge on any atom is -0.341 e. The van der Waals surface area contributed by atoms with E-state index in [-0.39, 0.29) is 6.04 Å². The first kappa shape index (κ1) is 13.5. The number of likely N-dealkylation sites (tertiary alicyclic amines) is 1. The lowest BCUT2D eigenvalue weighted by atomic mass is 9.98. The first-order valence-electron chi connectivity index (χ1n) is 6.58. The average molecular weight is 226 g/mol. The molecule has 1 fully saturated rings. The molecule has 1 saturated heterocycles. The second-order valence-corrected chi connectivity index (χ2v) is 5.35. The lowest BCUT2D eigenvalue weighted by Crippen LogP contribution is -2.43. The Balaban J connectivity index is 2.49. The van der Waals surface area contributed by atoms with Gasteiger partial charge in [0.2, 0.25) is 5.91 Å². The quantitative estimate of drug-likeness (QED) is 0.797. The van der Waals surface area contributed by atoms with Crippen LogP contribution in [-0.4, -0.2) is 29.9 Å². The Morgan fingerprint density at radius 3 is 2.69 bits per heavy atom. The van der Waals surface area contributed by atoms with E-state index in [1.165, 1.54) is 6.42 Å². The number of carbonyl (C=O) groups excluding carboxylic acids is 1. The molecule has 0 bridgehead atoms. The zero-order valence-electron chi connectivity index (χ0n) is 10.9. The molecule has 1 rings (SSSR count). The molecule has 0 aromatic heterocycles. The van der Waals surface area contributed by atoms with Gasteiger partial charge in [-0.05, 0) is 24.7 Å². The molecule has 16 heavy (non-hydrogen) atoms. The topological polar surface area (TPSA) is 46.3 Å². The minimum absolute atomic E-state index is 0.113. The molecule has 3 heteroatoms. The molecule has 2 atom stereocenters. The zero-order chi connectivity index (χ0) is 12.1. The van der Waals surface area contributed by atoms with Crippen molar-refractivity contribution in [1.29, 1.82) is 0 Å². The van der Waals surface area contributed by atoms with Gasteiger partial charge in [0.15, 0.2) is 0 Å². The van der Waals surface area contributed by atoms with Gasteiger partial charge in [-0.1, -0.05) is 27.2 Å². The van der Waals surface area contributed by atoms with Crippen molar-refractivity contribution in [1.82, 2.24) is 4.90 Å². The van der Waals surface area contributed by atoms with Gasteiger partial charge >= 0.3 is 0 Å². The molecule has 1 amide bonds. The Hall–Kier alpha value is -0.570. The van der Waals surface area contributed by atoms with Gasteiger partial charge in [0.25, 0.3) is 0 Å². The third-order valence-corrected chi connectivity index (χ3v) is 3.79. The highest BCUT2D eigenvalue weighted by Crippen LogP contribution is 2.21. The first-order chi connectivity index (χ1) is 7.54. The number of amides is 1. The molecule has 2 N–H and O–H groups in total. The third kappa shape index (κ3) is 3.78. The molecule has 0 spiro atoms. The molecule has 1 aliphatic heterocycles. The fourth-order valence-electron chi connectivity index (χ4n) is 2.16. The molecule has 0 aromatic carbocycles. The minimum atomic E-state index is 0.113. The van der Waals surface area contributed by atoms with Crippen molar-refractivity contribution in [2.45, 2.75) is 52.5 Å². The van der Waals surface area contributed by atoms with E-state index >= 15 is 0 Å². The highest BCUT2D eigenvalue weighted by Gasteiger charge is 2.23. The van der Waals surface area contributed by atoms with Crippen LogP contribution in [-0.2, 0) is 4.79 Å². The largest absolute Gasteiger partial charge is 0.341 e. The van der Waals surface area contributed by atoms with Crippen molar-refractivity contribution < 1.29 is 4.79 Å². The van der Waals surface area contributed by atoms with Gasteiger partial charge in [-0.3, -0.25) is 4.79 Å². The summed E-state index contributed by atoms with van der Waals surface area (Å²) in [6, 6.07) is 0.113. The average Bonchev–Trinajstić information content (AvgIpc) is 2.42. The van der Waals surface area contributed by atoms with Crippen LogP contribution in [0.25, 0.3) is 0 Å². The van der Waals surface area contributed by atoms with Gasteiger partial charge in [-0.15, -0.1) is 0 Å². The fourth-order valence-corrected chi connectivity index (χ4v) is 2.16. The van der Waals surface area contributed by atoms with Crippen molar-refractivity contribution in [3.05, 3.63) is 0 Å². The smallest absolute Gasteiger partial charge is 0.222 e. The predicted molar refractivity (Wildman–Crippen MR) is 67.0 cm³/mol. The van der Waals surface area contributed by atoms with Crippen LogP contribution >= 0.6 is 0 Å². The van der Waals surface area contributed by atoms with Gasteiger partial charge in [-0.2, -0.15) is 0 Å². The predicted octanol–water partition coefficient (Wildman–Crippen LogP) is 2.01. The molecule has 0 radical (unpaired) electrons. The summed E-state index contributed by atoms with van der Waals surface area (Å²) < 4.78 is 0. The molecule has 1 heterocycles. The second-order valence-electron chi connectivity index (χ2n) is 5.35. The van der Waals surface area contributed by atoms with Gasteiger partial charge < -0.3 is 10.6 Å². The van der Waals surface area contributed by atoms with Crippen molar-refractivity contribution in [2.24, 2.45) is 17.6 Å². The number of nitrogens with two attached hydrogens (primary N) is 1. The summed E-state index contributed by atoms with van der Waals surface area (Å²) in [6.45, 7) is 8.07. The normalized spacial score (nSPS) is 24.7. The van der Waals surface area contributed by atoms with Crippen LogP contribution in [0.3, 0.4) is 0 Å². The van der Waals surface area contributed by atoms with Crippen LogP contribution in [0.15, 0.2) is 0 Å². The van der Waals surface area contributed by atoms with E-state index in [9.17, 15) is 4.79 Å². The lowest BCUT2D eigenvalue weighted by Gasteiger charge is -2.26. The van der Waals surface area contributed by atoms with Gasteiger partial charge in [0, 0.05) is 25.6 Å². The SMILES string of the molecule is CCC1CCC(=O)N(CC(N)C(C)C)CC1. The first-order valence-corrected chi connectivity index (χ1v) is 6.58. The summed E-state index contributed by atoms with van der Waals surface area (Å²) in [6.07, 6.45) is 4.11. The van der Waals surface area contributed by atoms with Crippen molar-refractivity contribution in [3.8, 4) is 0 Å². The fraction of sp³-hybridized carbons (Fsp3) is 0.923. The van der Waals surface area contributed by atoms with E-state index in [0.717, 1.165) is 31.8 Å². The van der Waals surface area contributed by atoms with Crippen molar-refractivity contribution >= 4 is 5.91 Å². The Morgan fingerprint density at radius 2 is 2.12 bits per heavy atom. The van der Waals surface area contributed by atoms with E-state index in [0.29, 0.717) is 18.2 Å². The Bertz CT molecular complexity index is 228. The molecule has 94 valence electrons. The van der Waals surface area contributed by atoms with E-state index in [4.69, 9.17) is 5.73 Å². The summed E-state index contributed by atoms with van der Waals surface area (Å²) in [5, 5.41) is 0. The zero-order valence-corrected chi connectivity index (χ0v) is 10.9. The molecule has 1 aliphatic rings. The summed E-state index contributed by atoms with van der Waals surface area (Å²) >= 11 is 0. The maximum absolute atomic E-state index is 11.9. The molecule has 0 aliphatic carbocycles. The van der Waals surface area contributed by atoms with Crippen LogP contribution in [0.2, 0.25) is 0 Å². The number of hydrogen-bond donors (Lipinski definition) is 1. The van der Waals surface area contributed by atoms with E-state index in [1.807, 2.05) is 4.90 Å². The van der Waals surface area contributed by atoms with Crippen LogP contribution in [0.4, 0.5) is 0 Å². The monoisotopic (exact) mass is 226 g/mol. The Labute approximate surface area is 99.4 Å². The van der Waals surface area contributed by atoms with Crippen molar-refractivity contribution in [2.75, 3.05) is 13.1 Å². The third-order valence-electron chi connectivity index (χ3n) is 3.79. The number of hydrogen-bond acceptors (Lipinski definition) is 2. The molecule has 0 saturated carbocycles. The Kier molecular flexibility index (Phi) is 5.26. The summed E-state index contributed by atoms with van der Waals surface area (Å²) in [7, 11) is 0. The van der Waals surface area contributed by atoms with Gasteiger partial charge in [-0.25, -0.2) is 0 Å². The van der Waals surface area contributed by atoms with Crippen LogP contribution < -0.4 is 5.73 Å². The van der Waals surface area contributed by atoms with Crippen molar-refractivity contribution in [3.63, 3.8) is 0 Å². The molecule has 3 nitrogen and oxygen atoms in total. The second kappa shape index (κ2) is 6.24. The maximum atomic E-state index is 11.9. The standard InChI is InChI=1S/C13H26N2O/c1-4-11-5-6-13(16)15(8-7-11)9-12(14)10(2)3/h10-12H,4-9,14H2,1-3H3. The highest BCUT2D eigenvalue weighted by molar-refractivity contribution is 5.76. The van der Waals surface area contributed by atoms with Gasteiger partial charge in [0.05, 0.1) is 0 Å². The number of nitrogens with zero attached hydrogens (tertiary/aromatic N) is 1. The van der Waals surface area contributed by atoms with Crippen LogP contribution in [0.1, 0.15) is 46.5 Å². The molecule has 2 unspecified atom stereocenters. The van der Waals surface area contributed by atoms with Crippen LogP contribution in [0, 0.1) is 11.8 Å². The number of rotatable bonds is 4. The summed E-state index contributed by atoms with van der Waals surface area (Å²) in [5.74, 6) is 1.47. The van der Waals surface area contributed by atoms with Gasteiger partial charge in [0.1, 0.15) is 0 Å².